The van der Waals surface area contributed by atoms with E-state index < -0.39 is 0 Å². The second-order valence-corrected chi connectivity index (χ2v) is 7.24. The number of anilines is 1. The van der Waals surface area contributed by atoms with E-state index in [0.29, 0.717) is 9.13 Å². The van der Waals surface area contributed by atoms with Crippen molar-refractivity contribution in [2.75, 3.05) is 5.32 Å². The molecule has 1 N–H and O–H groups in total. The predicted octanol–water partition coefficient (Wildman–Crippen LogP) is 5.52. The molecule has 0 bridgehead atoms. The molecule has 0 saturated carbocycles. The summed E-state index contributed by atoms with van der Waals surface area (Å²) in [5.74, 6) is 0.526. The maximum Gasteiger partial charge on any atom is 0.168 e. The number of benzene rings is 2. The number of aliphatic imine (C=N–C) groups is 1. The summed E-state index contributed by atoms with van der Waals surface area (Å²) in [5, 5.41) is 3.77. The minimum absolute atomic E-state index is 0.284. The molecule has 0 fully saturated rings. The number of thiazole rings is 1. The van der Waals surface area contributed by atoms with Gasteiger partial charge in [0.2, 0.25) is 0 Å². The monoisotopic (exact) mass is 375 g/mol. The molecule has 0 spiro atoms. The molecule has 2 heterocycles. The van der Waals surface area contributed by atoms with Crippen molar-refractivity contribution in [3.05, 3.63) is 74.8 Å². The van der Waals surface area contributed by atoms with Crippen LogP contribution in [0.15, 0.2) is 59.6 Å². The lowest BCUT2D eigenvalue weighted by molar-refractivity contribution is 0.626. The van der Waals surface area contributed by atoms with Crippen LogP contribution in [-0.4, -0.2) is 9.74 Å². The molecule has 1 unspecified atom stereocenters. The lowest BCUT2D eigenvalue weighted by Crippen LogP contribution is -2.18. The van der Waals surface area contributed by atoms with E-state index in [1.54, 1.807) is 12.1 Å². The summed E-state index contributed by atoms with van der Waals surface area (Å²) in [4.78, 5) is 5.28. The summed E-state index contributed by atoms with van der Waals surface area (Å²) in [7, 11) is 0. The Hall–Kier alpha value is -2.02. The van der Waals surface area contributed by atoms with Crippen molar-refractivity contribution in [2.45, 2.75) is 6.17 Å². The number of fused-ring (bicyclic) bond motifs is 1. The predicted molar refractivity (Wildman–Crippen MR) is 99.6 cm³/mol. The van der Waals surface area contributed by atoms with Crippen molar-refractivity contribution in [1.82, 2.24) is 4.57 Å². The van der Waals surface area contributed by atoms with Gasteiger partial charge in [-0.15, -0.1) is 0 Å². The molecule has 0 saturated heterocycles. The average molecular weight is 376 g/mol. The van der Waals surface area contributed by atoms with Gasteiger partial charge in [0.05, 0.1) is 0 Å². The van der Waals surface area contributed by atoms with Gasteiger partial charge < -0.3 is 5.32 Å². The molecule has 1 aliphatic rings. The standard InChI is InChI=1S/C17H11ClFN3S2/c18-14-13-16(21-15(20-14)10-6-8-11(19)9-7-10)22(17(23)24-13)12-4-2-1-3-5-12/h1-9,15,21H. The van der Waals surface area contributed by atoms with E-state index in [1.165, 1.54) is 23.5 Å². The molecule has 0 aliphatic carbocycles. The smallest absolute Gasteiger partial charge is 0.168 e. The summed E-state index contributed by atoms with van der Waals surface area (Å²) in [6.07, 6.45) is -0.385. The summed E-state index contributed by atoms with van der Waals surface area (Å²) >= 11 is 13.3. The number of hydrogen-bond acceptors (Lipinski definition) is 4. The Morgan fingerprint density at radius 1 is 1.12 bits per heavy atom. The Morgan fingerprint density at radius 3 is 2.54 bits per heavy atom. The number of nitrogens with zero attached hydrogens (tertiary/aromatic N) is 2. The van der Waals surface area contributed by atoms with Gasteiger partial charge in [0, 0.05) is 5.69 Å². The quantitative estimate of drug-likeness (QED) is 0.598. The molecule has 2 aromatic carbocycles. The van der Waals surface area contributed by atoms with Crippen molar-refractivity contribution in [2.24, 2.45) is 4.99 Å². The van der Waals surface area contributed by atoms with Gasteiger partial charge in [0.1, 0.15) is 27.8 Å². The van der Waals surface area contributed by atoms with Gasteiger partial charge in [-0.2, -0.15) is 0 Å². The maximum atomic E-state index is 13.2. The Labute approximate surface area is 152 Å². The summed E-state index contributed by atoms with van der Waals surface area (Å²) in [6, 6.07) is 16.0. The molecule has 0 radical (unpaired) electrons. The molecule has 3 aromatic rings. The van der Waals surface area contributed by atoms with Crippen molar-refractivity contribution in [3.63, 3.8) is 0 Å². The zero-order valence-corrected chi connectivity index (χ0v) is 14.6. The average Bonchev–Trinajstić information content (AvgIpc) is 2.93. The van der Waals surface area contributed by atoms with Crippen molar-refractivity contribution in [1.29, 1.82) is 0 Å². The molecular formula is C17H11ClFN3S2. The lowest BCUT2D eigenvalue weighted by atomic mass is 10.1. The second-order valence-electron chi connectivity index (χ2n) is 5.23. The Kier molecular flexibility index (Phi) is 3.96. The zero-order valence-electron chi connectivity index (χ0n) is 12.2. The van der Waals surface area contributed by atoms with E-state index >= 15 is 0 Å². The van der Waals surface area contributed by atoms with Crippen LogP contribution in [0.2, 0.25) is 0 Å². The SMILES string of the molecule is Fc1ccc(C2N=C(Cl)c3sc(=S)n(-c4ccccc4)c3N2)cc1. The largest absolute Gasteiger partial charge is 0.345 e. The van der Waals surface area contributed by atoms with Crippen LogP contribution in [0.1, 0.15) is 16.6 Å². The Morgan fingerprint density at radius 2 is 1.83 bits per heavy atom. The number of hydrogen-bond donors (Lipinski definition) is 1. The van der Waals surface area contributed by atoms with Crippen LogP contribution in [0, 0.1) is 9.77 Å². The first-order valence-corrected chi connectivity index (χ1v) is 8.81. The molecule has 1 atom stereocenters. The van der Waals surface area contributed by atoms with E-state index in [-0.39, 0.29) is 12.0 Å². The van der Waals surface area contributed by atoms with Gasteiger partial charge in [-0.3, -0.25) is 4.57 Å². The van der Waals surface area contributed by atoms with Crippen molar-refractivity contribution in [3.8, 4) is 5.69 Å². The minimum Gasteiger partial charge on any atom is -0.345 e. The molecule has 7 heteroatoms. The molecule has 1 aromatic heterocycles. The molecule has 4 rings (SSSR count). The summed E-state index contributed by atoms with van der Waals surface area (Å²) in [6.45, 7) is 0. The Balaban J connectivity index is 1.82. The van der Waals surface area contributed by atoms with Gasteiger partial charge in [-0.25, -0.2) is 9.38 Å². The topological polar surface area (TPSA) is 29.3 Å². The van der Waals surface area contributed by atoms with Gasteiger partial charge in [0.25, 0.3) is 0 Å². The van der Waals surface area contributed by atoms with E-state index in [1.807, 2.05) is 34.9 Å². The number of nitrogens with one attached hydrogen (secondary N) is 1. The number of aromatic nitrogens is 1. The molecule has 3 nitrogen and oxygen atoms in total. The third-order valence-electron chi connectivity index (χ3n) is 3.71. The van der Waals surface area contributed by atoms with Crippen LogP contribution in [0.4, 0.5) is 10.2 Å². The van der Waals surface area contributed by atoms with Gasteiger partial charge >= 0.3 is 0 Å². The first kappa shape index (κ1) is 15.5. The zero-order chi connectivity index (χ0) is 16.7. The first-order chi connectivity index (χ1) is 11.6. The normalized spacial score (nSPS) is 16.2. The maximum absolute atomic E-state index is 13.2. The third kappa shape index (κ3) is 2.66. The highest BCUT2D eigenvalue weighted by atomic mass is 35.5. The molecule has 120 valence electrons. The van der Waals surface area contributed by atoms with Crippen molar-refractivity contribution < 1.29 is 4.39 Å². The van der Waals surface area contributed by atoms with Gasteiger partial charge in [-0.1, -0.05) is 53.3 Å². The fourth-order valence-electron chi connectivity index (χ4n) is 2.59. The number of halogens is 2. The molecule has 24 heavy (non-hydrogen) atoms. The van der Waals surface area contributed by atoms with E-state index in [9.17, 15) is 4.39 Å². The second kappa shape index (κ2) is 6.12. The highest BCUT2D eigenvalue weighted by molar-refractivity contribution is 7.73. The summed E-state index contributed by atoms with van der Waals surface area (Å²) < 4.78 is 15.8. The number of rotatable bonds is 2. The van der Waals surface area contributed by atoms with Crippen LogP contribution in [-0.2, 0) is 0 Å². The van der Waals surface area contributed by atoms with E-state index in [0.717, 1.165) is 21.9 Å². The van der Waals surface area contributed by atoms with Crippen LogP contribution in [0.5, 0.6) is 0 Å². The van der Waals surface area contributed by atoms with Crippen molar-refractivity contribution >= 4 is 46.1 Å². The first-order valence-electron chi connectivity index (χ1n) is 7.20. The Bertz CT molecular complexity index is 977. The minimum atomic E-state index is -0.385. The van der Waals surface area contributed by atoms with Crippen LogP contribution >= 0.6 is 35.2 Å². The lowest BCUT2D eigenvalue weighted by Gasteiger charge is -2.23. The highest BCUT2D eigenvalue weighted by Crippen LogP contribution is 2.37. The van der Waals surface area contributed by atoms with Crippen LogP contribution < -0.4 is 5.32 Å². The third-order valence-corrected chi connectivity index (χ3v) is 5.49. The van der Waals surface area contributed by atoms with E-state index in [2.05, 4.69) is 10.3 Å². The van der Waals surface area contributed by atoms with Gasteiger partial charge in [-0.05, 0) is 42.0 Å². The highest BCUT2D eigenvalue weighted by Gasteiger charge is 2.26. The van der Waals surface area contributed by atoms with Crippen LogP contribution in [0.3, 0.4) is 0 Å². The molecule has 1 aliphatic heterocycles. The molecule has 0 amide bonds. The fourth-order valence-corrected chi connectivity index (χ4v) is 4.19. The fraction of sp³-hybridized carbons (Fsp3) is 0.0588. The van der Waals surface area contributed by atoms with E-state index in [4.69, 9.17) is 23.8 Å². The molecular weight excluding hydrogens is 365 g/mol. The van der Waals surface area contributed by atoms with Gasteiger partial charge in [0.15, 0.2) is 3.95 Å². The van der Waals surface area contributed by atoms with Crippen LogP contribution in [0.25, 0.3) is 5.69 Å². The number of para-hydroxylation sites is 1. The summed E-state index contributed by atoms with van der Waals surface area (Å²) in [5.41, 5.74) is 1.79.